The molecule has 0 aromatic carbocycles. The Morgan fingerprint density at radius 3 is 2.93 bits per heavy atom. The highest BCUT2D eigenvalue weighted by Crippen LogP contribution is 2.07. The van der Waals surface area contributed by atoms with Gasteiger partial charge < -0.3 is 10.2 Å². The minimum absolute atomic E-state index is 0.711. The molecule has 0 bridgehead atoms. The fourth-order valence-electron chi connectivity index (χ4n) is 1.92. The first-order valence-electron chi connectivity index (χ1n) is 5.64. The number of piperidine rings is 1. The summed E-state index contributed by atoms with van der Waals surface area (Å²) in [7, 11) is 2.19. The highest BCUT2D eigenvalue weighted by molar-refractivity contribution is 4.95. The number of nitrogens with one attached hydrogen (secondary N) is 1. The number of rotatable bonds is 4. The first kappa shape index (κ1) is 11.6. The van der Waals surface area contributed by atoms with Gasteiger partial charge in [0.25, 0.3) is 0 Å². The summed E-state index contributed by atoms with van der Waals surface area (Å²) < 4.78 is 0. The monoisotopic (exact) mass is 194 g/mol. The van der Waals surface area contributed by atoms with Gasteiger partial charge in [-0.3, -0.25) is 0 Å². The first-order valence-corrected chi connectivity index (χ1v) is 5.64. The van der Waals surface area contributed by atoms with Gasteiger partial charge in [0.05, 0.1) is 0 Å². The Labute approximate surface area is 88.1 Å². The molecule has 14 heavy (non-hydrogen) atoms. The van der Waals surface area contributed by atoms with Crippen LogP contribution in [0.3, 0.4) is 0 Å². The van der Waals surface area contributed by atoms with Crippen molar-refractivity contribution in [3.05, 3.63) is 0 Å². The van der Waals surface area contributed by atoms with Gasteiger partial charge in [0.15, 0.2) is 0 Å². The normalized spacial score (nSPS) is 21.8. The number of hydrogen-bond donors (Lipinski definition) is 1. The van der Waals surface area contributed by atoms with Gasteiger partial charge in [-0.15, -0.1) is 11.8 Å². The molecule has 1 heterocycles. The summed E-state index contributed by atoms with van der Waals surface area (Å²) in [5.41, 5.74) is 0. The van der Waals surface area contributed by atoms with Crippen molar-refractivity contribution in [2.24, 2.45) is 0 Å². The zero-order valence-corrected chi connectivity index (χ0v) is 9.47. The SMILES string of the molecule is CC#CCCN(C)CC1CCCCN1. The third kappa shape index (κ3) is 4.64. The fraction of sp³-hybridized carbons (Fsp3) is 0.833. The highest BCUT2D eigenvalue weighted by atomic mass is 15.1. The molecule has 2 nitrogen and oxygen atoms in total. The zero-order chi connectivity index (χ0) is 10.2. The van der Waals surface area contributed by atoms with Crippen LogP contribution >= 0.6 is 0 Å². The standard InChI is InChI=1S/C12H22N2/c1-3-4-7-10-14(2)11-12-8-5-6-9-13-12/h12-13H,5-11H2,1-2H3. The van der Waals surface area contributed by atoms with Crippen LogP contribution in [-0.4, -0.2) is 37.6 Å². The summed E-state index contributed by atoms with van der Waals surface area (Å²) in [6, 6.07) is 0.711. The topological polar surface area (TPSA) is 15.3 Å². The Morgan fingerprint density at radius 2 is 2.29 bits per heavy atom. The van der Waals surface area contributed by atoms with Crippen molar-refractivity contribution in [3.8, 4) is 11.8 Å². The third-order valence-electron chi connectivity index (χ3n) is 2.74. The maximum atomic E-state index is 3.56. The smallest absolute Gasteiger partial charge is 0.0216 e. The van der Waals surface area contributed by atoms with Crippen molar-refractivity contribution in [2.45, 2.75) is 38.6 Å². The van der Waals surface area contributed by atoms with Gasteiger partial charge in [-0.1, -0.05) is 6.42 Å². The molecule has 1 fully saturated rings. The molecule has 0 radical (unpaired) electrons. The summed E-state index contributed by atoms with van der Waals surface area (Å²) in [5, 5.41) is 3.56. The molecule has 1 N–H and O–H groups in total. The molecule has 0 aromatic heterocycles. The largest absolute Gasteiger partial charge is 0.313 e. The van der Waals surface area contributed by atoms with E-state index in [1.165, 1.54) is 32.4 Å². The minimum Gasteiger partial charge on any atom is -0.313 e. The van der Waals surface area contributed by atoms with Crippen LogP contribution in [0.15, 0.2) is 0 Å². The van der Waals surface area contributed by atoms with E-state index in [-0.39, 0.29) is 0 Å². The second-order valence-corrected chi connectivity index (χ2v) is 4.09. The number of likely N-dealkylation sites (N-methyl/N-ethyl adjacent to an activating group) is 1. The van der Waals surface area contributed by atoms with Crippen molar-refractivity contribution < 1.29 is 0 Å². The number of hydrogen-bond acceptors (Lipinski definition) is 2. The number of nitrogens with zero attached hydrogens (tertiary/aromatic N) is 1. The minimum atomic E-state index is 0.711. The maximum absolute atomic E-state index is 3.56. The molecule has 1 aliphatic heterocycles. The van der Waals surface area contributed by atoms with Crippen LogP contribution in [-0.2, 0) is 0 Å². The van der Waals surface area contributed by atoms with E-state index in [2.05, 4.69) is 29.1 Å². The van der Waals surface area contributed by atoms with Crippen molar-refractivity contribution >= 4 is 0 Å². The van der Waals surface area contributed by atoms with E-state index >= 15 is 0 Å². The van der Waals surface area contributed by atoms with Crippen LogP contribution < -0.4 is 5.32 Å². The molecule has 1 rings (SSSR count). The van der Waals surface area contributed by atoms with Crippen LogP contribution in [0.1, 0.15) is 32.6 Å². The zero-order valence-electron chi connectivity index (χ0n) is 9.47. The molecular formula is C12H22N2. The lowest BCUT2D eigenvalue weighted by Gasteiger charge is -2.27. The summed E-state index contributed by atoms with van der Waals surface area (Å²) >= 11 is 0. The van der Waals surface area contributed by atoms with E-state index in [9.17, 15) is 0 Å². The van der Waals surface area contributed by atoms with Gasteiger partial charge in [-0.05, 0) is 33.4 Å². The van der Waals surface area contributed by atoms with Crippen LogP contribution in [0.2, 0.25) is 0 Å². The van der Waals surface area contributed by atoms with Gasteiger partial charge in [-0.2, -0.15) is 0 Å². The Bertz CT molecular complexity index is 196. The van der Waals surface area contributed by atoms with E-state index < -0.39 is 0 Å². The van der Waals surface area contributed by atoms with Crippen LogP contribution in [0.5, 0.6) is 0 Å². The predicted molar refractivity (Wildman–Crippen MR) is 61.2 cm³/mol. The molecule has 1 atom stereocenters. The predicted octanol–water partition coefficient (Wildman–Crippen LogP) is 1.47. The van der Waals surface area contributed by atoms with Gasteiger partial charge >= 0.3 is 0 Å². The molecule has 1 unspecified atom stereocenters. The van der Waals surface area contributed by atoms with Crippen molar-refractivity contribution in [1.29, 1.82) is 0 Å². The summed E-state index contributed by atoms with van der Waals surface area (Å²) in [5.74, 6) is 6.04. The molecule has 0 spiro atoms. The summed E-state index contributed by atoms with van der Waals surface area (Å²) in [6.07, 6.45) is 5.07. The maximum Gasteiger partial charge on any atom is 0.0216 e. The van der Waals surface area contributed by atoms with E-state index in [4.69, 9.17) is 0 Å². The van der Waals surface area contributed by atoms with E-state index in [1.54, 1.807) is 0 Å². The van der Waals surface area contributed by atoms with Crippen molar-refractivity contribution in [3.63, 3.8) is 0 Å². The van der Waals surface area contributed by atoms with Crippen molar-refractivity contribution in [2.75, 3.05) is 26.7 Å². The quantitative estimate of drug-likeness (QED) is 0.682. The van der Waals surface area contributed by atoms with Gasteiger partial charge in [0.2, 0.25) is 0 Å². The molecule has 1 aliphatic rings. The lowest BCUT2D eigenvalue weighted by molar-refractivity contribution is 0.266. The summed E-state index contributed by atoms with van der Waals surface area (Å²) in [4.78, 5) is 2.38. The van der Waals surface area contributed by atoms with E-state index in [0.717, 1.165) is 13.0 Å². The fourth-order valence-corrected chi connectivity index (χ4v) is 1.92. The Morgan fingerprint density at radius 1 is 1.43 bits per heavy atom. The molecule has 0 aromatic rings. The van der Waals surface area contributed by atoms with Gasteiger partial charge in [-0.25, -0.2) is 0 Å². The van der Waals surface area contributed by atoms with Crippen molar-refractivity contribution in [1.82, 2.24) is 10.2 Å². The molecule has 0 saturated carbocycles. The van der Waals surface area contributed by atoms with E-state index in [1.807, 2.05) is 6.92 Å². The third-order valence-corrected chi connectivity index (χ3v) is 2.74. The van der Waals surface area contributed by atoms with Gasteiger partial charge in [0, 0.05) is 25.6 Å². The average molecular weight is 194 g/mol. The second-order valence-electron chi connectivity index (χ2n) is 4.09. The average Bonchev–Trinajstić information content (AvgIpc) is 2.20. The molecule has 2 heteroatoms. The lowest BCUT2D eigenvalue weighted by atomic mass is 10.0. The highest BCUT2D eigenvalue weighted by Gasteiger charge is 2.13. The molecule has 1 saturated heterocycles. The molecule has 80 valence electrons. The molecule has 0 amide bonds. The lowest BCUT2D eigenvalue weighted by Crippen LogP contribution is -2.42. The summed E-state index contributed by atoms with van der Waals surface area (Å²) in [6.45, 7) is 5.38. The van der Waals surface area contributed by atoms with Crippen LogP contribution in [0, 0.1) is 11.8 Å². The first-order chi connectivity index (χ1) is 6.83. The Kier molecular flexibility index (Phi) is 5.66. The Balaban J connectivity index is 2.10. The van der Waals surface area contributed by atoms with Gasteiger partial charge in [0.1, 0.15) is 0 Å². The molecule has 0 aliphatic carbocycles. The second kappa shape index (κ2) is 6.86. The molecular weight excluding hydrogens is 172 g/mol. The van der Waals surface area contributed by atoms with Crippen LogP contribution in [0.25, 0.3) is 0 Å². The Hall–Kier alpha value is -0.520. The van der Waals surface area contributed by atoms with E-state index in [0.29, 0.717) is 6.04 Å². The van der Waals surface area contributed by atoms with Crippen LogP contribution in [0.4, 0.5) is 0 Å².